The van der Waals surface area contributed by atoms with E-state index in [1.54, 1.807) is 30.5 Å². The van der Waals surface area contributed by atoms with E-state index in [2.05, 4.69) is 4.98 Å². The van der Waals surface area contributed by atoms with E-state index in [1.807, 2.05) is 18.2 Å². The van der Waals surface area contributed by atoms with E-state index < -0.39 is 5.67 Å². The summed E-state index contributed by atoms with van der Waals surface area (Å²) < 4.78 is 29.4. The van der Waals surface area contributed by atoms with Crippen molar-refractivity contribution in [2.45, 2.75) is 50.1 Å². The lowest BCUT2D eigenvalue weighted by Gasteiger charge is -2.22. The first kappa shape index (κ1) is 20.6. The molecular formula is C26H24ClF2NO. The van der Waals surface area contributed by atoms with Crippen molar-refractivity contribution in [2.24, 2.45) is 11.8 Å². The third kappa shape index (κ3) is 4.23. The molecule has 1 heterocycles. The highest BCUT2D eigenvalue weighted by atomic mass is 35.5. The zero-order chi connectivity index (χ0) is 21.6. The summed E-state index contributed by atoms with van der Waals surface area (Å²) in [7, 11) is 0. The number of alkyl halides is 1. The van der Waals surface area contributed by atoms with E-state index in [4.69, 9.17) is 11.6 Å². The Hall–Kier alpha value is -2.33. The second kappa shape index (κ2) is 7.98. The molecule has 2 nitrogen and oxygen atoms in total. The fraction of sp³-hybridized carbons (Fsp3) is 0.385. The van der Waals surface area contributed by atoms with Crippen LogP contribution in [-0.4, -0.2) is 16.4 Å². The Balaban J connectivity index is 1.25. The number of hydrogen-bond donors (Lipinski definition) is 0. The number of benzene rings is 2. The van der Waals surface area contributed by atoms with Crippen LogP contribution >= 0.6 is 11.6 Å². The smallest absolute Gasteiger partial charge is 0.140 e. The van der Waals surface area contributed by atoms with Crippen molar-refractivity contribution in [3.05, 3.63) is 76.7 Å². The summed E-state index contributed by atoms with van der Waals surface area (Å²) in [6, 6.07) is 13.8. The van der Waals surface area contributed by atoms with Gasteiger partial charge in [-0.05, 0) is 91.0 Å². The summed E-state index contributed by atoms with van der Waals surface area (Å²) in [6.07, 6.45) is 4.66. The molecule has 2 saturated carbocycles. The van der Waals surface area contributed by atoms with Gasteiger partial charge in [-0.15, -0.1) is 0 Å². The van der Waals surface area contributed by atoms with Gasteiger partial charge in [-0.2, -0.15) is 0 Å². The third-order valence-corrected chi connectivity index (χ3v) is 7.35. The largest absolute Gasteiger partial charge is 0.299 e. The summed E-state index contributed by atoms with van der Waals surface area (Å²) >= 11 is 5.89. The molecule has 0 saturated heterocycles. The molecule has 0 amide bonds. The number of ketones is 1. The molecule has 2 fully saturated rings. The minimum absolute atomic E-state index is 0.0172. The van der Waals surface area contributed by atoms with Gasteiger partial charge in [0, 0.05) is 29.4 Å². The van der Waals surface area contributed by atoms with Gasteiger partial charge in [0.25, 0.3) is 0 Å². The van der Waals surface area contributed by atoms with Crippen LogP contribution in [0.5, 0.6) is 0 Å². The van der Waals surface area contributed by atoms with E-state index in [-0.39, 0.29) is 42.2 Å². The van der Waals surface area contributed by atoms with Gasteiger partial charge >= 0.3 is 0 Å². The number of halogens is 3. The molecule has 5 heteroatoms. The van der Waals surface area contributed by atoms with Gasteiger partial charge in [-0.3, -0.25) is 9.78 Å². The predicted molar refractivity (Wildman–Crippen MR) is 119 cm³/mol. The van der Waals surface area contributed by atoms with Crippen LogP contribution in [0.3, 0.4) is 0 Å². The first-order valence-corrected chi connectivity index (χ1v) is 11.3. The first-order valence-electron chi connectivity index (χ1n) is 10.9. The number of fused-ring (bicyclic) bond motifs is 2. The molecule has 2 aromatic carbocycles. The fourth-order valence-electron chi connectivity index (χ4n) is 5.87. The molecule has 1 aromatic heterocycles. The Kier molecular flexibility index (Phi) is 5.29. The van der Waals surface area contributed by atoms with Crippen molar-refractivity contribution in [1.82, 2.24) is 4.98 Å². The van der Waals surface area contributed by atoms with Gasteiger partial charge in [0.15, 0.2) is 0 Å². The molecule has 2 aliphatic rings. The summed E-state index contributed by atoms with van der Waals surface area (Å²) in [5.41, 5.74) is 1.37. The molecular weight excluding hydrogens is 416 g/mol. The molecule has 3 aromatic rings. The second-order valence-electron chi connectivity index (χ2n) is 9.33. The number of Topliss-reactive ketones (excluding diaryl/α,β-unsaturated/α-hetero) is 1. The topological polar surface area (TPSA) is 30.0 Å². The highest BCUT2D eigenvalue weighted by Crippen LogP contribution is 2.56. The Morgan fingerprint density at radius 2 is 1.77 bits per heavy atom. The third-order valence-electron chi connectivity index (χ3n) is 7.10. The van der Waals surface area contributed by atoms with Gasteiger partial charge in [-0.25, -0.2) is 8.78 Å². The molecule has 0 bridgehead atoms. The van der Waals surface area contributed by atoms with Gasteiger partial charge < -0.3 is 0 Å². The van der Waals surface area contributed by atoms with Crippen LogP contribution in [0.2, 0.25) is 5.02 Å². The molecule has 0 aliphatic heterocycles. The van der Waals surface area contributed by atoms with Crippen LogP contribution < -0.4 is 0 Å². The number of carbonyl (C=O) groups excluding carboxylic acids is 1. The van der Waals surface area contributed by atoms with Gasteiger partial charge in [0.1, 0.15) is 17.3 Å². The fourth-order valence-corrected chi connectivity index (χ4v) is 6.00. The van der Waals surface area contributed by atoms with Gasteiger partial charge in [0.2, 0.25) is 0 Å². The van der Waals surface area contributed by atoms with Gasteiger partial charge in [0.05, 0.1) is 5.52 Å². The second-order valence-corrected chi connectivity index (χ2v) is 9.76. The normalized spacial score (nSPS) is 27.5. The van der Waals surface area contributed by atoms with E-state index in [1.165, 1.54) is 6.07 Å². The zero-order valence-corrected chi connectivity index (χ0v) is 17.9. The maximum Gasteiger partial charge on any atom is 0.140 e. The summed E-state index contributed by atoms with van der Waals surface area (Å²) in [6.45, 7) is 0. The number of aromatic nitrogens is 1. The van der Waals surface area contributed by atoms with Crippen molar-refractivity contribution in [2.75, 3.05) is 0 Å². The lowest BCUT2D eigenvalue weighted by Crippen LogP contribution is -2.25. The van der Waals surface area contributed by atoms with Gasteiger partial charge in [-0.1, -0.05) is 23.7 Å². The Morgan fingerprint density at radius 1 is 1.06 bits per heavy atom. The average Bonchev–Trinajstić information content (AvgIpc) is 3.23. The minimum Gasteiger partial charge on any atom is -0.299 e. The van der Waals surface area contributed by atoms with Crippen LogP contribution in [0.4, 0.5) is 8.78 Å². The molecule has 2 unspecified atom stereocenters. The maximum atomic E-state index is 15.6. The maximum absolute atomic E-state index is 15.6. The van der Waals surface area contributed by atoms with Crippen molar-refractivity contribution in [3.8, 4) is 0 Å². The minimum atomic E-state index is -1.41. The zero-order valence-electron chi connectivity index (χ0n) is 17.2. The number of pyridine rings is 1. The number of carbonyl (C=O) groups is 1. The first-order chi connectivity index (χ1) is 14.9. The Labute approximate surface area is 185 Å². The van der Waals surface area contributed by atoms with Crippen molar-refractivity contribution < 1.29 is 13.6 Å². The Morgan fingerprint density at radius 3 is 2.48 bits per heavy atom. The Bertz CT molecular complexity index is 1120. The molecule has 5 rings (SSSR count). The monoisotopic (exact) mass is 439 g/mol. The van der Waals surface area contributed by atoms with E-state index >= 15 is 4.39 Å². The van der Waals surface area contributed by atoms with E-state index in [0.717, 1.165) is 34.9 Å². The lowest BCUT2D eigenvalue weighted by molar-refractivity contribution is -0.121. The van der Waals surface area contributed by atoms with E-state index in [9.17, 15) is 9.18 Å². The predicted octanol–water partition coefficient (Wildman–Crippen LogP) is 6.84. The van der Waals surface area contributed by atoms with Crippen LogP contribution in [0.15, 0.2) is 54.7 Å². The molecule has 0 radical (unpaired) electrons. The van der Waals surface area contributed by atoms with Crippen LogP contribution in [0.25, 0.3) is 10.9 Å². The molecule has 4 atom stereocenters. The summed E-state index contributed by atoms with van der Waals surface area (Å²) in [5.74, 6) is 0.515. The van der Waals surface area contributed by atoms with E-state index in [0.29, 0.717) is 17.9 Å². The number of rotatable bonds is 5. The highest BCUT2D eigenvalue weighted by molar-refractivity contribution is 6.30. The summed E-state index contributed by atoms with van der Waals surface area (Å²) in [5, 5.41) is 1.48. The number of hydrogen-bond acceptors (Lipinski definition) is 2. The highest BCUT2D eigenvalue weighted by Gasteiger charge is 2.50. The number of nitrogens with zero attached hydrogens (tertiary/aromatic N) is 1. The quantitative estimate of drug-likeness (QED) is 0.435. The standard InChI is InChI=1S/C26H24ClF2NO/c27-20-3-1-16(2-4-20)9-22(31)15-26(29)13-18-10-17(11-19(18)14-26)23-7-8-30-25-6-5-21(28)12-24(23)25/h1-8,12,17-19H,9-11,13-15H2/t17?,18-,19+,26?. The van der Waals surface area contributed by atoms with Crippen LogP contribution in [0.1, 0.15) is 49.1 Å². The molecule has 31 heavy (non-hydrogen) atoms. The van der Waals surface area contributed by atoms with Crippen LogP contribution in [0, 0.1) is 17.7 Å². The van der Waals surface area contributed by atoms with Crippen molar-refractivity contribution >= 4 is 28.3 Å². The SMILES string of the molecule is O=C(Cc1ccc(Cl)cc1)CC1(F)C[C@H]2CC(c3ccnc4ccc(F)cc34)C[C@H]2C1. The van der Waals surface area contributed by atoms with Crippen LogP contribution in [-0.2, 0) is 11.2 Å². The molecule has 0 spiro atoms. The molecule has 2 aliphatic carbocycles. The van der Waals surface area contributed by atoms with Crippen molar-refractivity contribution in [1.29, 1.82) is 0 Å². The average molecular weight is 440 g/mol. The molecule has 0 N–H and O–H groups in total. The lowest BCUT2D eigenvalue weighted by atomic mass is 9.87. The molecule has 160 valence electrons. The van der Waals surface area contributed by atoms with Crippen molar-refractivity contribution in [3.63, 3.8) is 0 Å². The summed E-state index contributed by atoms with van der Waals surface area (Å²) in [4.78, 5) is 16.9.